The zero-order chi connectivity index (χ0) is 15.4. The molecule has 0 radical (unpaired) electrons. The van der Waals surface area contributed by atoms with Gasteiger partial charge in [0, 0.05) is 24.7 Å². The quantitative estimate of drug-likeness (QED) is 0.829. The van der Waals surface area contributed by atoms with Crippen LogP contribution in [0.5, 0.6) is 0 Å². The fourth-order valence-electron chi connectivity index (χ4n) is 2.69. The first-order valence-corrected chi connectivity index (χ1v) is 7.47. The summed E-state index contributed by atoms with van der Waals surface area (Å²) in [4.78, 5) is 14.1. The minimum atomic E-state index is -0.332. The number of carbonyl (C=O) groups is 1. The molecule has 1 heterocycles. The number of hydrogen-bond acceptors (Lipinski definition) is 3. The van der Waals surface area contributed by atoms with Crippen LogP contribution in [0.3, 0.4) is 0 Å². The number of piperidine rings is 1. The Morgan fingerprint density at radius 2 is 2.29 bits per heavy atom. The molecule has 2 rings (SSSR count). The summed E-state index contributed by atoms with van der Waals surface area (Å²) >= 11 is 4.84. The summed E-state index contributed by atoms with van der Waals surface area (Å²) in [5.74, 6) is -0.337. The van der Waals surface area contributed by atoms with Crippen molar-refractivity contribution in [2.45, 2.75) is 31.8 Å². The molecular formula is C15H20FN3OS. The fourth-order valence-corrected chi connectivity index (χ4v) is 2.82. The molecule has 0 spiro atoms. The van der Waals surface area contributed by atoms with Crippen LogP contribution in [0, 0.1) is 5.82 Å². The predicted molar refractivity (Wildman–Crippen MR) is 84.4 cm³/mol. The van der Waals surface area contributed by atoms with E-state index in [1.54, 1.807) is 19.2 Å². The van der Waals surface area contributed by atoms with Crippen LogP contribution in [0.25, 0.3) is 0 Å². The Morgan fingerprint density at radius 3 is 2.90 bits per heavy atom. The van der Waals surface area contributed by atoms with E-state index in [0.717, 1.165) is 25.8 Å². The van der Waals surface area contributed by atoms with Gasteiger partial charge < -0.3 is 11.1 Å². The summed E-state index contributed by atoms with van der Waals surface area (Å²) in [5, 5.41) is 2.68. The Morgan fingerprint density at radius 1 is 1.52 bits per heavy atom. The van der Waals surface area contributed by atoms with Crippen molar-refractivity contribution in [1.29, 1.82) is 0 Å². The Bertz CT molecular complexity index is 550. The van der Waals surface area contributed by atoms with Crippen LogP contribution >= 0.6 is 12.2 Å². The molecule has 1 aromatic carbocycles. The molecule has 21 heavy (non-hydrogen) atoms. The molecule has 4 nitrogen and oxygen atoms in total. The molecule has 1 unspecified atom stereocenters. The van der Waals surface area contributed by atoms with Crippen LogP contribution in [0.2, 0.25) is 0 Å². The van der Waals surface area contributed by atoms with Crippen LogP contribution in [0.1, 0.15) is 30.4 Å². The van der Waals surface area contributed by atoms with Crippen LogP contribution in [0.15, 0.2) is 18.2 Å². The van der Waals surface area contributed by atoms with Gasteiger partial charge in [0.1, 0.15) is 10.8 Å². The molecule has 0 bridgehead atoms. The highest BCUT2D eigenvalue weighted by molar-refractivity contribution is 7.80. The summed E-state index contributed by atoms with van der Waals surface area (Å²) < 4.78 is 14.1. The average molecular weight is 309 g/mol. The minimum absolute atomic E-state index is 0.00476. The van der Waals surface area contributed by atoms with Gasteiger partial charge in [0.25, 0.3) is 0 Å². The van der Waals surface area contributed by atoms with Gasteiger partial charge in [-0.3, -0.25) is 9.69 Å². The fraction of sp³-hybridized carbons (Fsp3) is 0.467. The Hall–Kier alpha value is -1.53. The molecular weight excluding hydrogens is 289 g/mol. The van der Waals surface area contributed by atoms with Gasteiger partial charge in [-0.15, -0.1) is 0 Å². The van der Waals surface area contributed by atoms with Gasteiger partial charge in [0.2, 0.25) is 5.91 Å². The molecule has 1 fully saturated rings. The largest absolute Gasteiger partial charge is 0.389 e. The maximum absolute atomic E-state index is 14.1. The smallest absolute Gasteiger partial charge is 0.237 e. The van der Waals surface area contributed by atoms with Crippen molar-refractivity contribution in [3.05, 3.63) is 35.1 Å². The van der Waals surface area contributed by atoms with E-state index in [0.29, 0.717) is 17.7 Å². The SMILES string of the molecule is CNC(=O)C1CCCCN1Cc1ccc(C(N)=S)cc1F. The molecule has 3 N–H and O–H groups in total. The third-order valence-electron chi connectivity index (χ3n) is 3.87. The number of thiocarbonyl (C=S) groups is 1. The van der Waals surface area contributed by atoms with E-state index in [2.05, 4.69) is 5.32 Å². The van der Waals surface area contributed by atoms with E-state index >= 15 is 0 Å². The summed E-state index contributed by atoms with van der Waals surface area (Å²) in [6, 6.07) is 4.59. The number of likely N-dealkylation sites (tertiary alicyclic amines) is 1. The lowest BCUT2D eigenvalue weighted by Gasteiger charge is -2.34. The number of carbonyl (C=O) groups excluding carboxylic acids is 1. The van der Waals surface area contributed by atoms with Gasteiger partial charge in [0.15, 0.2) is 0 Å². The predicted octanol–water partition coefficient (Wildman–Crippen LogP) is 1.56. The average Bonchev–Trinajstić information content (AvgIpc) is 2.49. The molecule has 1 aliphatic rings. The summed E-state index contributed by atoms with van der Waals surface area (Å²) in [6.07, 6.45) is 2.86. The number of halogens is 1. The zero-order valence-electron chi connectivity index (χ0n) is 12.1. The third-order valence-corrected chi connectivity index (χ3v) is 4.11. The molecule has 1 aromatic rings. The van der Waals surface area contributed by atoms with Gasteiger partial charge >= 0.3 is 0 Å². The van der Waals surface area contributed by atoms with E-state index in [1.165, 1.54) is 6.07 Å². The number of amides is 1. The number of nitrogens with zero attached hydrogens (tertiary/aromatic N) is 1. The molecule has 1 amide bonds. The van der Waals surface area contributed by atoms with Crippen molar-refractivity contribution in [3.63, 3.8) is 0 Å². The van der Waals surface area contributed by atoms with E-state index in [9.17, 15) is 9.18 Å². The highest BCUT2D eigenvalue weighted by Gasteiger charge is 2.28. The molecule has 1 atom stereocenters. The standard InChI is InChI=1S/C15H20FN3OS/c1-18-15(20)13-4-2-3-7-19(13)9-11-6-5-10(14(17)21)8-12(11)16/h5-6,8,13H,2-4,7,9H2,1H3,(H2,17,21)(H,18,20). The molecule has 114 valence electrons. The van der Waals surface area contributed by atoms with Crippen molar-refractivity contribution in [2.75, 3.05) is 13.6 Å². The second kappa shape index (κ2) is 6.95. The second-order valence-electron chi connectivity index (χ2n) is 5.27. The minimum Gasteiger partial charge on any atom is -0.389 e. The van der Waals surface area contributed by atoms with E-state index in [1.807, 2.05) is 4.90 Å². The van der Waals surface area contributed by atoms with Crippen molar-refractivity contribution in [3.8, 4) is 0 Å². The molecule has 0 saturated carbocycles. The van der Waals surface area contributed by atoms with Crippen LogP contribution < -0.4 is 11.1 Å². The van der Waals surface area contributed by atoms with Gasteiger partial charge in [-0.1, -0.05) is 30.8 Å². The van der Waals surface area contributed by atoms with Gasteiger partial charge in [-0.05, 0) is 25.5 Å². The Balaban J connectivity index is 2.15. The number of benzene rings is 1. The molecule has 0 aliphatic carbocycles. The number of likely N-dealkylation sites (N-methyl/N-ethyl adjacent to an activating group) is 1. The lowest BCUT2D eigenvalue weighted by Crippen LogP contribution is -2.48. The topological polar surface area (TPSA) is 58.4 Å². The Kier molecular flexibility index (Phi) is 5.25. The van der Waals surface area contributed by atoms with Gasteiger partial charge in [-0.2, -0.15) is 0 Å². The molecule has 0 aromatic heterocycles. The van der Waals surface area contributed by atoms with Crippen molar-refractivity contribution >= 4 is 23.1 Å². The van der Waals surface area contributed by atoms with Crippen molar-refractivity contribution in [2.24, 2.45) is 5.73 Å². The first-order chi connectivity index (χ1) is 10.0. The summed E-state index contributed by atoms with van der Waals surface area (Å²) in [7, 11) is 1.63. The third kappa shape index (κ3) is 3.77. The highest BCUT2D eigenvalue weighted by Crippen LogP contribution is 2.21. The van der Waals surface area contributed by atoms with Crippen molar-refractivity contribution < 1.29 is 9.18 Å². The maximum atomic E-state index is 14.1. The Labute approximate surface area is 129 Å². The van der Waals surface area contributed by atoms with Gasteiger partial charge in [-0.25, -0.2) is 4.39 Å². The monoisotopic (exact) mass is 309 g/mol. The second-order valence-corrected chi connectivity index (χ2v) is 5.71. The normalized spacial score (nSPS) is 19.2. The lowest BCUT2D eigenvalue weighted by atomic mass is 10.00. The maximum Gasteiger partial charge on any atom is 0.237 e. The first kappa shape index (κ1) is 15.9. The number of nitrogens with one attached hydrogen (secondary N) is 1. The van der Waals surface area contributed by atoms with Crippen molar-refractivity contribution in [1.82, 2.24) is 10.2 Å². The lowest BCUT2D eigenvalue weighted by molar-refractivity contribution is -0.127. The summed E-state index contributed by atoms with van der Waals surface area (Å²) in [6.45, 7) is 1.22. The molecule has 6 heteroatoms. The summed E-state index contributed by atoms with van der Waals surface area (Å²) in [5.41, 5.74) is 6.58. The van der Waals surface area contributed by atoms with E-state index < -0.39 is 0 Å². The van der Waals surface area contributed by atoms with Gasteiger partial charge in [0.05, 0.1) is 6.04 Å². The van der Waals surface area contributed by atoms with Crippen LogP contribution in [0.4, 0.5) is 4.39 Å². The zero-order valence-corrected chi connectivity index (χ0v) is 12.9. The number of rotatable bonds is 4. The first-order valence-electron chi connectivity index (χ1n) is 7.07. The molecule has 1 saturated heterocycles. The van der Waals surface area contributed by atoms with E-state index in [4.69, 9.17) is 18.0 Å². The van der Waals surface area contributed by atoms with E-state index in [-0.39, 0.29) is 22.8 Å². The molecule has 1 aliphatic heterocycles. The van der Waals surface area contributed by atoms with Crippen LogP contribution in [-0.2, 0) is 11.3 Å². The van der Waals surface area contributed by atoms with Crippen LogP contribution in [-0.4, -0.2) is 35.4 Å². The number of nitrogens with two attached hydrogens (primary N) is 1. The number of hydrogen-bond donors (Lipinski definition) is 2. The highest BCUT2D eigenvalue weighted by atomic mass is 32.1.